The molecule has 1 heterocycles. The molecule has 0 spiro atoms. The van der Waals surface area contributed by atoms with Gasteiger partial charge in [-0.2, -0.15) is 0 Å². The second-order valence-electron chi connectivity index (χ2n) is 4.25. The molecule has 0 bridgehead atoms. The Morgan fingerprint density at radius 3 is 2.43 bits per heavy atom. The molecule has 0 aliphatic rings. The van der Waals surface area contributed by atoms with Crippen LogP contribution in [0, 0.1) is 0 Å². The number of nitrogens with zero attached hydrogens (tertiary/aromatic N) is 1. The van der Waals surface area contributed by atoms with Crippen LogP contribution in [0.3, 0.4) is 0 Å². The fraction of sp³-hybridized carbons (Fsp3) is 0.600. The highest BCUT2D eigenvalue weighted by Gasteiger charge is 2.27. The summed E-state index contributed by atoms with van der Waals surface area (Å²) >= 11 is 0. The first-order valence-electron chi connectivity index (χ1n) is 4.60. The Labute approximate surface area is 82.9 Å². The molecule has 1 aromatic heterocycles. The molecule has 0 amide bonds. The lowest BCUT2D eigenvalue weighted by molar-refractivity contribution is 0.0684. The van der Waals surface area contributed by atoms with Crippen LogP contribution in [-0.2, 0) is 11.8 Å². The van der Waals surface area contributed by atoms with Crippen LogP contribution in [0.15, 0.2) is 4.52 Å². The Morgan fingerprint density at radius 2 is 2.07 bits per heavy atom. The van der Waals surface area contributed by atoms with Crippen molar-refractivity contribution in [2.24, 2.45) is 0 Å². The molecule has 0 radical (unpaired) electrons. The third-order valence-electron chi connectivity index (χ3n) is 2.03. The summed E-state index contributed by atoms with van der Waals surface area (Å²) in [6, 6.07) is 0. The molecular formula is C10H15NO3. The van der Waals surface area contributed by atoms with E-state index in [9.17, 15) is 4.79 Å². The van der Waals surface area contributed by atoms with Gasteiger partial charge in [0.2, 0.25) is 0 Å². The zero-order valence-electron chi connectivity index (χ0n) is 8.92. The standard InChI is InChI=1S/C10H15NO3/c1-5-6-7(9(12)13)11-14-8(6)10(2,3)4/h5H2,1-4H3,(H,12,13). The van der Waals surface area contributed by atoms with Gasteiger partial charge in [0.25, 0.3) is 0 Å². The van der Waals surface area contributed by atoms with Gasteiger partial charge in [0.1, 0.15) is 5.76 Å². The largest absolute Gasteiger partial charge is 0.476 e. The van der Waals surface area contributed by atoms with E-state index in [1.807, 2.05) is 27.7 Å². The minimum Gasteiger partial charge on any atom is -0.476 e. The first-order chi connectivity index (χ1) is 6.38. The highest BCUT2D eigenvalue weighted by molar-refractivity contribution is 5.87. The van der Waals surface area contributed by atoms with Crippen molar-refractivity contribution < 1.29 is 14.4 Å². The van der Waals surface area contributed by atoms with Gasteiger partial charge in [-0.05, 0) is 6.42 Å². The summed E-state index contributed by atoms with van der Waals surface area (Å²) < 4.78 is 5.08. The van der Waals surface area contributed by atoms with E-state index in [1.165, 1.54) is 0 Å². The number of carbonyl (C=O) groups is 1. The topological polar surface area (TPSA) is 63.3 Å². The Hall–Kier alpha value is -1.32. The van der Waals surface area contributed by atoms with Crippen molar-refractivity contribution in [3.63, 3.8) is 0 Å². The van der Waals surface area contributed by atoms with Crippen LogP contribution >= 0.6 is 0 Å². The number of aromatic carboxylic acids is 1. The number of aromatic nitrogens is 1. The number of carboxylic acids is 1. The first-order valence-corrected chi connectivity index (χ1v) is 4.60. The van der Waals surface area contributed by atoms with Crippen molar-refractivity contribution in [3.8, 4) is 0 Å². The molecule has 1 aromatic rings. The fourth-order valence-electron chi connectivity index (χ4n) is 1.39. The van der Waals surface area contributed by atoms with E-state index < -0.39 is 5.97 Å². The molecule has 78 valence electrons. The van der Waals surface area contributed by atoms with Gasteiger partial charge in [0.15, 0.2) is 5.69 Å². The van der Waals surface area contributed by atoms with E-state index in [0.29, 0.717) is 17.7 Å². The van der Waals surface area contributed by atoms with Crippen LogP contribution in [0.4, 0.5) is 0 Å². The number of rotatable bonds is 2. The third-order valence-corrected chi connectivity index (χ3v) is 2.03. The number of carboxylic acid groups (broad SMARTS) is 1. The molecule has 0 aromatic carbocycles. The third kappa shape index (κ3) is 1.78. The van der Waals surface area contributed by atoms with Crippen molar-refractivity contribution in [1.29, 1.82) is 0 Å². The van der Waals surface area contributed by atoms with Crippen LogP contribution in [0.2, 0.25) is 0 Å². The average molecular weight is 197 g/mol. The van der Waals surface area contributed by atoms with Crippen molar-refractivity contribution >= 4 is 5.97 Å². The maximum absolute atomic E-state index is 10.8. The van der Waals surface area contributed by atoms with E-state index in [2.05, 4.69) is 5.16 Å². The van der Waals surface area contributed by atoms with E-state index >= 15 is 0 Å². The highest BCUT2D eigenvalue weighted by atomic mass is 16.5. The molecule has 1 rings (SSSR count). The summed E-state index contributed by atoms with van der Waals surface area (Å²) in [5.74, 6) is -0.362. The minimum atomic E-state index is -1.03. The molecular weight excluding hydrogens is 182 g/mol. The van der Waals surface area contributed by atoms with Crippen LogP contribution in [0.25, 0.3) is 0 Å². The zero-order chi connectivity index (χ0) is 10.9. The molecule has 0 fully saturated rings. The normalized spacial score (nSPS) is 11.7. The van der Waals surface area contributed by atoms with Crippen molar-refractivity contribution in [2.75, 3.05) is 0 Å². The van der Waals surface area contributed by atoms with Crippen molar-refractivity contribution in [1.82, 2.24) is 5.16 Å². The molecule has 4 nitrogen and oxygen atoms in total. The van der Waals surface area contributed by atoms with Gasteiger partial charge in [-0.3, -0.25) is 0 Å². The zero-order valence-corrected chi connectivity index (χ0v) is 8.92. The highest BCUT2D eigenvalue weighted by Crippen LogP contribution is 2.28. The summed E-state index contributed by atoms with van der Waals surface area (Å²) in [6.07, 6.45) is 0.623. The predicted octanol–water partition coefficient (Wildman–Crippen LogP) is 2.23. The smallest absolute Gasteiger partial charge is 0.358 e. The van der Waals surface area contributed by atoms with Gasteiger partial charge in [-0.25, -0.2) is 4.79 Å². The SMILES string of the molecule is CCc1c(C(=O)O)noc1C(C)(C)C. The molecule has 0 atom stereocenters. The Balaban J connectivity index is 3.28. The molecule has 14 heavy (non-hydrogen) atoms. The minimum absolute atomic E-state index is 0.0393. The van der Waals surface area contributed by atoms with E-state index in [0.717, 1.165) is 0 Å². The fourth-order valence-corrected chi connectivity index (χ4v) is 1.39. The molecule has 0 aliphatic carbocycles. The predicted molar refractivity (Wildman–Crippen MR) is 51.5 cm³/mol. The monoisotopic (exact) mass is 197 g/mol. The van der Waals surface area contributed by atoms with Gasteiger partial charge in [0.05, 0.1) is 0 Å². The van der Waals surface area contributed by atoms with Crippen molar-refractivity contribution in [3.05, 3.63) is 17.0 Å². The Kier molecular flexibility index (Phi) is 2.64. The molecule has 0 saturated carbocycles. The maximum Gasteiger partial charge on any atom is 0.358 e. The second-order valence-corrected chi connectivity index (χ2v) is 4.25. The van der Waals surface area contributed by atoms with Gasteiger partial charge >= 0.3 is 5.97 Å². The van der Waals surface area contributed by atoms with E-state index in [-0.39, 0.29) is 11.1 Å². The van der Waals surface area contributed by atoms with Gasteiger partial charge in [-0.15, -0.1) is 0 Å². The van der Waals surface area contributed by atoms with E-state index in [4.69, 9.17) is 9.63 Å². The lowest BCUT2D eigenvalue weighted by Gasteiger charge is -2.15. The molecule has 4 heteroatoms. The maximum atomic E-state index is 10.8. The number of hydrogen-bond acceptors (Lipinski definition) is 3. The summed E-state index contributed by atoms with van der Waals surface area (Å²) in [4.78, 5) is 10.8. The average Bonchev–Trinajstić information content (AvgIpc) is 2.45. The summed E-state index contributed by atoms with van der Waals surface area (Å²) in [6.45, 7) is 7.81. The van der Waals surface area contributed by atoms with Gasteiger partial charge in [0, 0.05) is 11.0 Å². The second kappa shape index (κ2) is 3.44. The van der Waals surface area contributed by atoms with Gasteiger partial charge in [-0.1, -0.05) is 32.9 Å². The van der Waals surface area contributed by atoms with Crippen LogP contribution in [0.1, 0.15) is 49.5 Å². The lowest BCUT2D eigenvalue weighted by Crippen LogP contribution is -2.13. The van der Waals surface area contributed by atoms with Crippen LogP contribution in [0.5, 0.6) is 0 Å². The van der Waals surface area contributed by atoms with E-state index in [1.54, 1.807) is 0 Å². The quantitative estimate of drug-likeness (QED) is 0.789. The van der Waals surface area contributed by atoms with Crippen molar-refractivity contribution in [2.45, 2.75) is 39.5 Å². The number of hydrogen-bond donors (Lipinski definition) is 1. The Morgan fingerprint density at radius 1 is 1.50 bits per heavy atom. The first kappa shape index (κ1) is 10.8. The molecule has 0 unspecified atom stereocenters. The van der Waals surface area contributed by atoms with Gasteiger partial charge < -0.3 is 9.63 Å². The summed E-state index contributed by atoms with van der Waals surface area (Å²) in [5, 5.41) is 12.4. The molecule has 1 N–H and O–H groups in total. The van der Waals surface area contributed by atoms with Crippen LogP contribution in [-0.4, -0.2) is 16.2 Å². The molecule has 0 aliphatic heterocycles. The van der Waals surface area contributed by atoms with Crippen LogP contribution < -0.4 is 0 Å². The molecule has 0 saturated heterocycles. The summed E-state index contributed by atoms with van der Waals surface area (Å²) in [7, 11) is 0. The lowest BCUT2D eigenvalue weighted by atomic mass is 9.89. The Bertz CT molecular complexity index is 347. The summed E-state index contributed by atoms with van der Waals surface area (Å²) in [5.41, 5.74) is 0.536.